The third-order valence-corrected chi connectivity index (χ3v) is 7.69. The molecule has 1 aliphatic heterocycles. The van der Waals surface area contributed by atoms with E-state index < -0.39 is 17.4 Å². The third kappa shape index (κ3) is 5.59. The van der Waals surface area contributed by atoms with Gasteiger partial charge in [0.15, 0.2) is 0 Å². The molecule has 38 heavy (non-hydrogen) atoms. The number of esters is 1. The van der Waals surface area contributed by atoms with Gasteiger partial charge in [-0.1, -0.05) is 78.9 Å². The summed E-state index contributed by atoms with van der Waals surface area (Å²) in [6.45, 7) is 10.2. The second-order valence-corrected chi connectivity index (χ2v) is 11.5. The van der Waals surface area contributed by atoms with E-state index in [9.17, 15) is 9.59 Å². The quantitative estimate of drug-likeness (QED) is 0.448. The highest BCUT2D eigenvalue weighted by atomic mass is 16.6. The van der Waals surface area contributed by atoms with Gasteiger partial charge in [-0.15, -0.1) is 0 Å². The van der Waals surface area contributed by atoms with Crippen LogP contribution >= 0.6 is 0 Å². The van der Waals surface area contributed by atoms with Crippen molar-refractivity contribution in [1.82, 2.24) is 10.6 Å². The lowest BCUT2D eigenvalue weighted by Crippen LogP contribution is -2.44. The smallest absolute Gasteiger partial charge is 0.311 e. The maximum absolute atomic E-state index is 13.6. The number of allylic oxidation sites excluding steroid dienone is 1. The average Bonchev–Trinajstić information content (AvgIpc) is 2.93. The summed E-state index contributed by atoms with van der Waals surface area (Å²) in [4.78, 5) is 27.1. The van der Waals surface area contributed by atoms with E-state index in [1.54, 1.807) is 0 Å². The van der Waals surface area contributed by atoms with Crippen molar-refractivity contribution in [3.63, 3.8) is 0 Å². The largest absolute Gasteiger partial charge is 0.460 e. The van der Waals surface area contributed by atoms with Crippen molar-refractivity contribution in [2.75, 3.05) is 26.2 Å². The van der Waals surface area contributed by atoms with Crippen LogP contribution in [0.1, 0.15) is 55.7 Å². The van der Waals surface area contributed by atoms with Crippen molar-refractivity contribution in [2.24, 2.45) is 11.8 Å². The number of Topliss-reactive ketones (excluding diaryl/α,β-unsaturated/α-hetero) is 1. The molecule has 2 fully saturated rings. The zero-order valence-electron chi connectivity index (χ0n) is 22.6. The van der Waals surface area contributed by atoms with Gasteiger partial charge in [0, 0.05) is 32.6 Å². The third-order valence-electron chi connectivity index (χ3n) is 7.69. The molecule has 3 aromatic carbocycles. The minimum absolute atomic E-state index is 0.0235. The zero-order chi connectivity index (χ0) is 26.7. The van der Waals surface area contributed by atoms with Gasteiger partial charge in [-0.25, -0.2) is 0 Å². The highest BCUT2D eigenvalue weighted by molar-refractivity contribution is 5.97. The first kappa shape index (κ1) is 26.3. The Labute approximate surface area is 225 Å². The standard InChI is InChI=1S/C29H28O3.C4H10N2/c1-29(2,3)32-28(31)27-23-16-15-21-20-12-8-7-9-18(20)13-14-22(21)24(23)17-25(30)26(27)19-10-5-4-6-11-19;1-2-6-4-3-5-1/h4-16,23-24,26-27H,17H2,1-3H3;5-6H,1-4H2. The second kappa shape index (κ2) is 11.2. The fourth-order valence-electron chi connectivity index (χ4n) is 6.07. The molecular formula is C33H38N2O3. The number of hydrogen-bond donors (Lipinski definition) is 2. The Hall–Kier alpha value is -3.28. The summed E-state index contributed by atoms with van der Waals surface area (Å²) < 4.78 is 5.86. The molecule has 6 rings (SSSR count). The molecule has 1 saturated carbocycles. The maximum Gasteiger partial charge on any atom is 0.311 e. The molecule has 0 spiro atoms. The lowest BCUT2D eigenvalue weighted by molar-refractivity contribution is -0.165. The summed E-state index contributed by atoms with van der Waals surface area (Å²) in [5.41, 5.74) is 2.60. The number of piperazine rings is 1. The summed E-state index contributed by atoms with van der Waals surface area (Å²) in [5, 5.41) is 8.81. The van der Waals surface area contributed by atoms with Crippen molar-refractivity contribution in [2.45, 2.75) is 44.6 Å². The van der Waals surface area contributed by atoms with Gasteiger partial charge in [-0.05, 0) is 60.1 Å². The molecule has 1 heterocycles. The Morgan fingerprint density at radius 3 is 2.18 bits per heavy atom. The lowest BCUT2D eigenvalue weighted by atomic mass is 9.60. The highest BCUT2D eigenvalue weighted by Gasteiger charge is 2.50. The zero-order valence-corrected chi connectivity index (χ0v) is 22.6. The molecule has 198 valence electrons. The molecule has 3 aliphatic rings. The summed E-state index contributed by atoms with van der Waals surface area (Å²) in [7, 11) is 0. The first-order valence-electron chi connectivity index (χ1n) is 13.8. The molecule has 0 aromatic heterocycles. The number of ether oxygens (including phenoxy) is 1. The maximum atomic E-state index is 13.6. The predicted octanol–water partition coefficient (Wildman–Crippen LogP) is 5.46. The van der Waals surface area contributed by atoms with E-state index in [-0.39, 0.29) is 23.6 Å². The molecule has 0 amide bonds. The van der Waals surface area contributed by atoms with Crippen LogP contribution in [0.4, 0.5) is 0 Å². The van der Waals surface area contributed by atoms with Crippen LogP contribution in [0.5, 0.6) is 0 Å². The summed E-state index contributed by atoms with van der Waals surface area (Å²) in [6.07, 6.45) is 4.73. The summed E-state index contributed by atoms with van der Waals surface area (Å²) in [5.74, 6) is -1.31. The van der Waals surface area contributed by atoms with Gasteiger partial charge in [-0.2, -0.15) is 0 Å². The van der Waals surface area contributed by atoms with Gasteiger partial charge in [-0.3, -0.25) is 9.59 Å². The summed E-state index contributed by atoms with van der Waals surface area (Å²) >= 11 is 0. The van der Waals surface area contributed by atoms with Gasteiger partial charge in [0.2, 0.25) is 0 Å². The van der Waals surface area contributed by atoms with Crippen LogP contribution in [-0.4, -0.2) is 43.5 Å². The number of benzene rings is 3. The van der Waals surface area contributed by atoms with E-state index in [1.165, 1.54) is 16.3 Å². The first-order valence-corrected chi connectivity index (χ1v) is 13.8. The van der Waals surface area contributed by atoms with Crippen LogP contribution < -0.4 is 10.6 Å². The van der Waals surface area contributed by atoms with Gasteiger partial charge >= 0.3 is 5.97 Å². The van der Waals surface area contributed by atoms with Crippen molar-refractivity contribution < 1.29 is 14.3 Å². The van der Waals surface area contributed by atoms with E-state index in [2.05, 4.69) is 47.1 Å². The number of carbonyl (C=O) groups excluding carboxylic acids is 2. The van der Waals surface area contributed by atoms with Gasteiger partial charge < -0.3 is 15.4 Å². The Kier molecular flexibility index (Phi) is 7.78. The Morgan fingerprint density at radius 1 is 0.868 bits per heavy atom. The lowest BCUT2D eigenvalue weighted by Gasteiger charge is -2.43. The number of nitrogens with one attached hydrogen (secondary N) is 2. The van der Waals surface area contributed by atoms with Gasteiger partial charge in [0.25, 0.3) is 0 Å². The van der Waals surface area contributed by atoms with E-state index >= 15 is 0 Å². The van der Waals surface area contributed by atoms with Gasteiger partial charge in [0.05, 0.1) is 11.8 Å². The highest BCUT2D eigenvalue weighted by Crippen LogP contribution is 2.51. The van der Waals surface area contributed by atoms with E-state index in [0.717, 1.165) is 37.3 Å². The van der Waals surface area contributed by atoms with Crippen LogP contribution in [-0.2, 0) is 14.3 Å². The molecule has 5 nitrogen and oxygen atoms in total. The van der Waals surface area contributed by atoms with Crippen molar-refractivity contribution in [3.05, 3.63) is 89.5 Å². The molecule has 4 atom stereocenters. The van der Waals surface area contributed by atoms with E-state index in [0.29, 0.717) is 6.42 Å². The SMILES string of the molecule is C1CNCCN1.CC(C)(C)OC(=O)C1C(c2ccccc2)C(=O)CC2c3ccc4ccccc4c3C=CC21. The molecule has 0 radical (unpaired) electrons. The topological polar surface area (TPSA) is 67.4 Å². The average molecular weight is 511 g/mol. The summed E-state index contributed by atoms with van der Waals surface area (Å²) in [6, 6.07) is 22.3. The fraction of sp³-hybridized carbons (Fsp3) is 0.394. The van der Waals surface area contributed by atoms with E-state index in [1.807, 2.05) is 63.2 Å². The predicted molar refractivity (Wildman–Crippen MR) is 153 cm³/mol. The molecule has 3 aromatic rings. The molecule has 4 unspecified atom stereocenters. The number of carbonyl (C=O) groups is 2. The minimum atomic E-state index is -0.610. The molecule has 1 saturated heterocycles. The van der Waals surface area contributed by atoms with Crippen LogP contribution in [0.3, 0.4) is 0 Å². The normalized spacial score (nSPS) is 24.6. The number of fused-ring (bicyclic) bond motifs is 5. The van der Waals surface area contributed by atoms with Crippen LogP contribution in [0.15, 0.2) is 72.8 Å². The Bertz CT molecular complexity index is 1310. The Morgan fingerprint density at radius 2 is 1.53 bits per heavy atom. The van der Waals surface area contributed by atoms with Crippen LogP contribution in [0.2, 0.25) is 0 Å². The number of ketones is 1. The molecule has 0 bridgehead atoms. The fourth-order valence-corrected chi connectivity index (χ4v) is 6.07. The second-order valence-electron chi connectivity index (χ2n) is 11.5. The number of rotatable bonds is 2. The van der Waals surface area contributed by atoms with Crippen LogP contribution in [0.25, 0.3) is 16.8 Å². The Balaban J connectivity index is 0.000000433. The van der Waals surface area contributed by atoms with Crippen molar-refractivity contribution in [3.8, 4) is 0 Å². The first-order chi connectivity index (χ1) is 18.3. The molecule has 2 N–H and O–H groups in total. The monoisotopic (exact) mass is 510 g/mol. The molecular weight excluding hydrogens is 472 g/mol. The molecule has 5 heteroatoms. The van der Waals surface area contributed by atoms with Gasteiger partial charge in [0.1, 0.15) is 11.4 Å². The van der Waals surface area contributed by atoms with E-state index in [4.69, 9.17) is 4.74 Å². The minimum Gasteiger partial charge on any atom is -0.460 e. The van der Waals surface area contributed by atoms with Crippen molar-refractivity contribution in [1.29, 1.82) is 0 Å². The van der Waals surface area contributed by atoms with Crippen LogP contribution in [0, 0.1) is 11.8 Å². The molecule has 2 aliphatic carbocycles. The number of hydrogen-bond acceptors (Lipinski definition) is 5. The van der Waals surface area contributed by atoms with Crippen molar-refractivity contribution >= 4 is 28.6 Å².